The van der Waals surface area contributed by atoms with Crippen molar-refractivity contribution >= 4 is 34.6 Å². The highest BCUT2D eigenvalue weighted by Gasteiger charge is 2.57. The summed E-state index contributed by atoms with van der Waals surface area (Å²) in [6.07, 6.45) is 9.06. The third kappa shape index (κ3) is 5.55. The Labute approximate surface area is 253 Å². The zero-order valence-corrected chi connectivity index (χ0v) is 28.4. The van der Waals surface area contributed by atoms with Gasteiger partial charge in [-0.1, -0.05) is 71.1 Å². The largest absolute Gasteiger partial charge is 0.356 e. The number of halogens is 1. The molecule has 1 spiro atoms. The molecule has 2 aromatic rings. The van der Waals surface area contributed by atoms with Crippen LogP contribution in [0.3, 0.4) is 0 Å². The molecule has 2 aliphatic carbocycles. The van der Waals surface area contributed by atoms with Gasteiger partial charge in [-0.2, -0.15) is 0 Å². The highest BCUT2D eigenvalue weighted by Crippen LogP contribution is 2.61. The van der Waals surface area contributed by atoms with Gasteiger partial charge in [-0.3, -0.25) is 4.98 Å². The summed E-state index contributed by atoms with van der Waals surface area (Å²) in [5.74, 6) is 1.14. The molecule has 3 aliphatic rings. The van der Waals surface area contributed by atoms with Crippen LogP contribution in [0, 0.1) is 5.41 Å². The van der Waals surface area contributed by atoms with Crippen LogP contribution in [0.1, 0.15) is 153 Å². The van der Waals surface area contributed by atoms with E-state index in [9.17, 15) is 0 Å². The van der Waals surface area contributed by atoms with Crippen molar-refractivity contribution in [3.8, 4) is 0 Å². The number of hydrogen-bond donors (Lipinski definition) is 0. The maximum Gasteiger partial charge on any atom is 0.133 e. The Morgan fingerprint density at radius 2 is 1.74 bits per heavy atom. The number of fused-ring (bicyclic) bond motifs is 4. The molecule has 1 saturated carbocycles. The SMILES string of the molecule is CC(C)c1nc2c(c3c1[C@@H](c1cnc(C(C)(C)C)nc1)OC31CCCC1I)[C@@H](OSC(C)(C)C)CC(C)(C)C2. The van der Waals surface area contributed by atoms with E-state index in [1.807, 2.05) is 12.4 Å². The van der Waals surface area contributed by atoms with E-state index in [2.05, 4.69) is 91.8 Å². The number of nitrogens with zero attached hydrogens (tertiary/aromatic N) is 3. The lowest BCUT2D eigenvalue weighted by Gasteiger charge is -2.40. The van der Waals surface area contributed by atoms with E-state index in [1.54, 1.807) is 12.0 Å². The highest BCUT2D eigenvalue weighted by molar-refractivity contribution is 14.1. The van der Waals surface area contributed by atoms with Crippen LogP contribution in [0.25, 0.3) is 0 Å². The normalized spacial score (nSPS) is 28.3. The molecule has 7 heteroatoms. The van der Waals surface area contributed by atoms with Crippen LogP contribution in [-0.2, 0) is 26.4 Å². The maximum absolute atomic E-state index is 7.32. The summed E-state index contributed by atoms with van der Waals surface area (Å²) in [6, 6.07) is 0. The minimum absolute atomic E-state index is 0.0121. The van der Waals surface area contributed by atoms with E-state index < -0.39 is 0 Å². The number of pyridine rings is 1. The molecular formula is C32H46IN3O2S. The molecule has 0 amide bonds. The van der Waals surface area contributed by atoms with E-state index in [4.69, 9.17) is 23.9 Å². The standard InChI is InChI=1S/C32H46IN3O2S/c1-18(2)26-24-25(23-20(36-26)14-31(9,10)15-21(23)38-39-30(6,7)8)32(13-11-12-22(32)33)37-27(24)19-16-34-28(35-17-19)29(3,4)5/h16-18,21-22,27H,11-15H2,1-10H3/t21-,22?,27+,32?/m0/s1. The predicted octanol–water partition coefficient (Wildman–Crippen LogP) is 9.07. The molecule has 39 heavy (non-hydrogen) atoms. The van der Waals surface area contributed by atoms with E-state index >= 15 is 0 Å². The van der Waals surface area contributed by atoms with Gasteiger partial charge in [0.2, 0.25) is 0 Å². The number of rotatable bonds is 4. The van der Waals surface area contributed by atoms with Crippen molar-refractivity contribution in [2.24, 2.45) is 5.41 Å². The molecule has 2 aromatic heterocycles. The van der Waals surface area contributed by atoms with Crippen LogP contribution in [0.15, 0.2) is 12.4 Å². The molecule has 0 bridgehead atoms. The fourth-order valence-corrected chi connectivity index (χ4v) is 8.29. The van der Waals surface area contributed by atoms with Gasteiger partial charge in [0.1, 0.15) is 17.5 Å². The lowest BCUT2D eigenvalue weighted by atomic mass is 9.70. The second kappa shape index (κ2) is 10.2. The number of hydrogen-bond acceptors (Lipinski definition) is 6. The van der Waals surface area contributed by atoms with Crippen molar-refractivity contribution in [1.29, 1.82) is 0 Å². The summed E-state index contributed by atoms with van der Waals surface area (Å²) in [4.78, 5) is 15.1. The minimum Gasteiger partial charge on any atom is -0.356 e. The quantitative estimate of drug-likeness (QED) is 0.185. The monoisotopic (exact) mass is 663 g/mol. The van der Waals surface area contributed by atoms with Crippen molar-refractivity contribution in [3.05, 3.63) is 51.9 Å². The van der Waals surface area contributed by atoms with Crippen molar-refractivity contribution in [1.82, 2.24) is 15.0 Å². The van der Waals surface area contributed by atoms with Gasteiger partial charge in [0.15, 0.2) is 0 Å². The van der Waals surface area contributed by atoms with Gasteiger partial charge in [-0.25, -0.2) is 9.97 Å². The Morgan fingerprint density at radius 3 is 2.28 bits per heavy atom. The average Bonchev–Trinajstić information content (AvgIpc) is 3.36. The lowest BCUT2D eigenvalue weighted by molar-refractivity contribution is -0.0515. The summed E-state index contributed by atoms with van der Waals surface area (Å²) in [7, 11) is 0. The summed E-state index contributed by atoms with van der Waals surface area (Å²) in [5.41, 5.74) is 7.04. The van der Waals surface area contributed by atoms with Gasteiger partial charge in [0.05, 0.1) is 6.10 Å². The Kier molecular flexibility index (Phi) is 7.77. The van der Waals surface area contributed by atoms with E-state index in [0.717, 1.165) is 37.1 Å². The Hall–Kier alpha value is -0.770. The smallest absolute Gasteiger partial charge is 0.133 e. The number of aromatic nitrogens is 3. The number of ether oxygens (including phenoxy) is 1. The van der Waals surface area contributed by atoms with Gasteiger partial charge in [0.25, 0.3) is 0 Å². The summed E-state index contributed by atoms with van der Waals surface area (Å²) >= 11 is 4.26. The molecule has 1 aliphatic heterocycles. The van der Waals surface area contributed by atoms with Crippen LogP contribution in [0.5, 0.6) is 0 Å². The van der Waals surface area contributed by atoms with Gasteiger partial charge < -0.3 is 8.92 Å². The molecule has 0 N–H and O–H groups in total. The van der Waals surface area contributed by atoms with Crippen molar-refractivity contribution in [2.75, 3.05) is 0 Å². The average molecular weight is 664 g/mol. The number of alkyl halides is 1. The lowest BCUT2D eigenvalue weighted by Crippen LogP contribution is -2.36. The van der Waals surface area contributed by atoms with Crippen LogP contribution in [0.2, 0.25) is 0 Å². The molecular weight excluding hydrogens is 617 g/mol. The van der Waals surface area contributed by atoms with Crippen molar-refractivity contribution in [2.45, 2.75) is 139 Å². The first-order valence-corrected chi connectivity index (χ1v) is 16.6. The Morgan fingerprint density at radius 1 is 1.08 bits per heavy atom. The first kappa shape index (κ1) is 29.7. The Balaban J connectivity index is 1.75. The minimum atomic E-state index is -0.338. The molecule has 4 atom stereocenters. The van der Waals surface area contributed by atoms with Crippen molar-refractivity contribution in [3.63, 3.8) is 0 Å². The van der Waals surface area contributed by atoms with Gasteiger partial charge in [-0.15, -0.1) is 0 Å². The molecule has 5 nitrogen and oxygen atoms in total. The first-order valence-electron chi connectivity index (χ1n) is 14.6. The topological polar surface area (TPSA) is 57.1 Å². The summed E-state index contributed by atoms with van der Waals surface area (Å²) in [6.45, 7) is 22.4. The third-order valence-corrected chi connectivity index (χ3v) is 10.7. The molecule has 3 heterocycles. The summed E-state index contributed by atoms with van der Waals surface area (Å²) in [5, 5.41) is 0. The molecule has 214 valence electrons. The van der Waals surface area contributed by atoms with Crippen LogP contribution in [-0.4, -0.2) is 23.6 Å². The van der Waals surface area contributed by atoms with Crippen LogP contribution in [0.4, 0.5) is 0 Å². The molecule has 2 unspecified atom stereocenters. The van der Waals surface area contributed by atoms with Crippen LogP contribution < -0.4 is 0 Å². The van der Waals surface area contributed by atoms with Crippen molar-refractivity contribution < 1.29 is 8.92 Å². The molecule has 0 radical (unpaired) electrons. The molecule has 1 fully saturated rings. The van der Waals surface area contributed by atoms with E-state index in [0.29, 0.717) is 3.92 Å². The fourth-order valence-electron chi connectivity index (χ4n) is 6.51. The van der Waals surface area contributed by atoms with Gasteiger partial charge >= 0.3 is 0 Å². The van der Waals surface area contributed by atoms with Gasteiger partial charge in [0, 0.05) is 60.1 Å². The first-order chi connectivity index (χ1) is 18.0. The molecule has 5 rings (SSSR count). The van der Waals surface area contributed by atoms with Crippen LogP contribution >= 0.6 is 34.6 Å². The van der Waals surface area contributed by atoms with E-state index in [-0.39, 0.29) is 39.3 Å². The second-order valence-electron chi connectivity index (χ2n) is 15.0. The van der Waals surface area contributed by atoms with E-state index in [1.165, 1.54) is 34.5 Å². The summed E-state index contributed by atoms with van der Waals surface area (Å²) < 4.78 is 14.5. The third-order valence-electron chi connectivity index (χ3n) is 8.22. The fraction of sp³-hybridized carbons (Fsp3) is 0.719. The molecule has 0 saturated heterocycles. The highest BCUT2D eigenvalue weighted by atomic mass is 127. The predicted molar refractivity (Wildman–Crippen MR) is 169 cm³/mol. The van der Waals surface area contributed by atoms with Gasteiger partial charge in [-0.05, 0) is 76.3 Å². The maximum atomic E-state index is 7.32. The Bertz CT molecular complexity index is 1230. The zero-order chi connectivity index (χ0) is 28.5. The zero-order valence-electron chi connectivity index (χ0n) is 25.4. The molecule has 0 aromatic carbocycles. The second-order valence-corrected chi connectivity index (χ2v) is 18.1.